The van der Waals surface area contributed by atoms with Crippen LogP contribution in [0.15, 0.2) is 16.7 Å². The first-order valence-corrected chi connectivity index (χ1v) is 12.7. The Morgan fingerprint density at radius 1 is 1.42 bits per heavy atom. The van der Waals surface area contributed by atoms with E-state index in [4.69, 9.17) is 16.3 Å². The number of nitrogens with zero attached hydrogens (tertiary/aromatic N) is 3. The van der Waals surface area contributed by atoms with Gasteiger partial charge in [-0.25, -0.2) is 19.0 Å². The molecule has 192 valence electrons. The number of amides is 2. The molecule has 1 saturated heterocycles. The molecule has 2 fully saturated rings. The van der Waals surface area contributed by atoms with Crippen LogP contribution in [0.4, 0.5) is 25.4 Å². The Morgan fingerprint density at radius 3 is 2.81 bits per heavy atom. The molecule has 12 heteroatoms. The summed E-state index contributed by atoms with van der Waals surface area (Å²) in [5, 5.41) is 13.4. The van der Waals surface area contributed by atoms with Gasteiger partial charge in [0.05, 0.1) is 31.8 Å². The molecule has 9 nitrogen and oxygen atoms in total. The lowest BCUT2D eigenvalue weighted by Gasteiger charge is -2.22. The number of carboxylic acid groups (broad SMARTS) is 1. The summed E-state index contributed by atoms with van der Waals surface area (Å²) in [7, 11) is 1.34. The lowest BCUT2D eigenvalue weighted by molar-refractivity contribution is 0.0516. The average molecular weight is 583 g/mol. The zero-order chi connectivity index (χ0) is 26.2. The minimum absolute atomic E-state index is 0.00766. The molecule has 0 unspecified atom stereocenters. The van der Waals surface area contributed by atoms with Gasteiger partial charge in [0.15, 0.2) is 0 Å². The first kappa shape index (κ1) is 24.9. The fourth-order valence-electron chi connectivity index (χ4n) is 5.12. The van der Waals surface area contributed by atoms with Gasteiger partial charge in [-0.2, -0.15) is 0 Å². The Hall–Kier alpha value is -2.79. The topological polar surface area (TPSA) is 111 Å². The van der Waals surface area contributed by atoms with E-state index in [0.29, 0.717) is 39.5 Å². The second-order valence-electron chi connectivity index (χ2n) is 10.5. The van der Waals surface area contributed by atoms with Gasteiger partial charge in [-0.15, -0.1) is 0 Å². The Morgan fingerprint density at radius 2 is 2.14 bits per heavy atom. The standard InChI is InChI=1S/C24H26BrClFN5O4/c1-23(2,3)36-21(33)29-14-8-24(14)5-6-32(10-24)19-11(25)9-28-20-16(19)15-17(26)12(27)7-13(18(15)30-20)31(4)22(34)35/h7,9,14H,5-6,8,10H2,1-4H3,(H,28,30)(H,29,33)(H,34,35)/t14-,24-/m1/s1. The van der Waals surface area contributed by atoms with Gasteiger partial charge in [0, 0.05) is 49.2 Å². The Kier molecular flexibility index (Phi) is 5.79. The zero-order valence-electron chi connectivity index (χ0n) is 20.2. The van der Waals surface area contributed by atoms with Crippen molar-refractivity contribution in [3.8, 4) is 0 Å². The molecule has 1 saturated carbocycles. The SMILES string of the molecule is CN(C(=O)O)c1cc(F)c(Cl)c2c1[nH]c1ncc(Br)c(N3CC[C@@]4(C[C@H]4NC(=O)OC(C)(C)C)C3)c12. The van der Waals surface area contributed by atoms with Crippen LogP contribution in [-0.4, -0.2) is 59.0 Å². The van der Waals surface area contributed by atoms with Crippen molar-refractivity contribution in [1.29, 1.82) is 0 Å². The van der Waals surface area contributed by atoms with Crippen LogP contribution in [0.5, 0.6) is 0 Å². The summed E-state index contributed by atoms with van der Waals surface area (Å²) < 4.78 is 21.0. The molecule has 2 atom stereocenters. The lowest BCUT2D eigenvalue weighted by atomic mass is 10.1. The number of H-pyrrole nitrogens is 1. The molecule has 3 N–H and O–H groups in total. The molecule has 2 aromatic heterocycles. The molecule has 1 spiro atoms. The molecule has 36 heavy (non-hydrogen) atoms. The number of aromatic amines is 1. The fourth-order valence-corrected chi connectivity index (χ4v) is 5.91. The fraction of sp³-hybridized carbons (Fsp3) is 0.458. The van der Waals surface area contributed by atoms with Crippen LogP contribution in [0.25, 0.3) is 21.9 Å². The minimum atomic E-state index is -1.23. The number of fused-ring (bicyclic) bond motifs is 3. The van der Waals surface area contributed by atoms with Crippen molar-refractivity contribution in [2.75, 3.05) is 29.9 Å². The number of hydrogen-bond donors (Lipinski definition) is 3. The van der Waals surface area contributed by atoms with Crippen LogP contribution in [-0.2, 0) is 4.74 Å². The van der Waals surface area contributed by atoms with E-state index in [1.54, 1.807) is 6.20 Å². The van der Waals surface area contributed by atoms with Crippen LogP contribution in [0.2, 0.25) is 5.02 Å². The van der Waals surface area contributed by atoms with E-state index >= 15 is 0 Å². The third-order valence-corrected chi connectivity index (χ3v) is 7.88. The maximum absolute atomic E-state index is 14.9. The quantitative estimate of drug-likeness (QED) is 0.356. The highest BCUT2D eigenvalue weighted by Crippen LogP contribution is 2.55. The van der Waals surface area contributed by atoms with Gasteiger partial charge in [-0.05, 0) is 49.5 Å². The van der Waals surface area contributed by atoms with E-state index in [1.165, 1.54) is 7.05 Å². The average Bonchev–Trinajstić information content (AvgIpc) is 3.09. The van der Waals surface area contributed by atoms with Crippen molar-refractivity contribution in [2.45, 2.75) is 45.3 Å². The number of rotatable bonds is 3. The third-order valence-electron chi connectivity index (χ3n) is 6.93. The number of anilines is 2. The van der Waals surface area contributed by atoms with E-state index in [0.717, 1.165) is 29.5 Å². The van der Waals surface area contributed by atoms with Crippen molar-refractivity contribution in [3.63, 3.8) is 0 Å². The summed E-state index contributed by atoms with van der Waals surface area (Å²) in [6, 6.07) is 1.11. The number of aromatic nitrogens is 2. The molecular formula is C24H26BrClFN5O4. The first-order chi connectivity index (χ1) is 16.8. The summed E-state index contributed by atoms with van der Waals surface area (Å²) >= 11 is 10.1. The molecule has 0 bridgehead atoms. The van der Waals surface area contributed by atoms with Crippen LogP contribution in [0.1, 0.15) is 33.6 Å². The van der Waals surface area contributed by atoms with Gasteiger partial charge in [0.2, 0.25) is 0 Å². The number of hydrogen-bond acceptors (Lipinski definition) is 5. The minimum Gasteiger partial charge on any atom is -0.465 e. The summed E-state index contributed by atoms with van der Waals surface area (Å²) in [4.78, 5) is 34.6. The Labute approximate surface area is 220 Å². The van der Waals surface area contributed by atoms with E-state index < -0.39 is 23.6 Å². The normalized spacial score (nSPS) is 21.4. The van der Waals surface area contributed by atoms with Gasteiger partial charge in [0.1, 0.15) is 17.1 Å². The van der Waals surface area contributed by atoms with Crippen LogP contribution in [0, 0.1) is 11.2 Å². The molecule has 1 aliphatic heterocycles. The highest BCUT2D eigenvalue weighted by Gasteiger charge is 2.58. The largest absolute Gasteiger partial charge is 0.465 e. The van der Waals surface area contributed by atoms with Crippen molar-refractivity contribution in [1.82, 2.24) is 15.3 Å². The summed E-state index contributed by atoms with van der Waals surface area (Å²) in [6.45, 7) is 6.87. The Bertz CT molecular complexity index is 1420. The molecule has 3 heterocycles. The maximum Gasteiger partial charge on any atom is 0.411 e. The number of benzene rings is 1. The van der Waals surface area contributed by atoms with Gasteiger partial charge in [0.25, 0.3) is 0 Å². The second kappa shape index (κ2) is 8.37. The number of carbonyl (C=O) groups is 2. The number of nitrogens with one attached hydrogen (secondary N) is 2. The molecule has 2 amide bonds. The maximum atomic E-state index is 14.9. The van der Waals surface area contributed by atoms with Crippen molar-refractivity contribution < 1.29 is 23.8 Å². The monoisotopic (exact) mass is 581 g/mol. The molecule has 2 aliphatic rings. The molecule has 5 rings (SSSR count). The van der Waals surface area contributed by atoms with Crippen molar-refractivity contribution in [3.05, 3.63) is 27.6 Å². The van der Waals surface area contributed by atoms with Crippen LogP contribution >= 0.6 is 27.5 Å². The number of halogens is 3. The second-order valence-corrected chi connectivity index (χ2v) is 11.8. The van der Waals surface area contributed by atoms with E-state index in [1.807, 2.05) is 20.8 Å². The third kappa shape index (κ3) is 4.11. The van der Waals surface area contributed by atoms with E-state index in [2.05, 4.69) is 36.1 Å². The predicted molar refractivity (Wildman–Crippen MR) is 140 cm³/mol. The van der Waals surface area contributed by atoms with Gasteiger partial charge in [-0.3, -0.25) is 4.90 Å². The van der Waals surface area contributed by atoms with Gasteiger partial charge < -0.3 is 25.0 Å². The lowest BCUT2D eigenvalue weighted by Crippen LogP contribution is -2.36. The predicted octanol–water partition coefficient (Wildman–Crippen LogP) is 5.88. The summed E-state index contributed by atoms with van der Waals surface area (Å²) in [5.74, 6) is -0.721. The van der Waals surface area contributed by atoms with Crippen LogP contribution in [0.3, 0.4) is 0 Å². The Balaban J connectivity index is 1.53. The number of alkyl carbamates (subject to hydrolysis) is 1. The van der Waals surface area contributed by atoms with E-state index in [-0.39, 0.29) is 22.2 Å². The molecule has 0 radical (unpaired) electrons. The van der Waals surface area contributed by atoms with Crippen LogP contribution < -0.4 is 15.1 Å². The van der Waals surface area contributed by atoms with Gasteiger partial charge >= 0.3 is 12.2 Å². The highest BCUT2D eigenvalue weighted by molar-refractivity contribution is 9.10. The van der Waals surface area contributed by atoms with E-state index in [9.17, 15) is 19.1 Å². The molecule has 1 aliphatic carbocycles. The first-order valence-electron chi connectivity index (χ1n) is 11.5. The highest BCUT2D eigenvalue weighted by atomic mass is 79.9. The zero-order valence-corrected chi connectivity index (χ0v) is 22.5. The molecule has 1 aromatic carbocycles. The van der Waals surface area contributed by atoms with Crippen molar-refractivity contribution >= 4 is 73.0 Å². The summed E-state index contributed by atoms with van der Waals surface area (Å²) in [6.07, 6.45) is 1.70. The molecular weight excluding hydrogens is 557 g/mol. The number of ether oxygens (including phenoxy) is 1. The van der Waals surface area contributed by atoms with Gasteiger partial charge in [-0.1, -0.05) is 11.6 Å². The molecule has 3 aromatic rings. The smallest absolute Gasteiger partial charge is 0.411 e. The summed E-state index contributed by atoms with van der Waals surface area (Å²) in [5.41, 5.74) is 1.14. The number of carbonyl (C=O) groups excluding carboxylic acids is 1. The number of pyridine rings is 1. The van der Waals surface area contributed by atoms with Crippen molar-refractivity contribution in [2.24, 2.45) is 5.41 Å².